The summed E-state index contributed by atoms with van der Waals surface area (Å²) < 4.78 is 34.5. The summed E-state index contributed by atoms with van der Waals surface area (Å²) in [6.07, 6.45) is 0. The Hall–Kier alpha value is -3.85. The number of carbonyl (C=O) groups excluding carboxylic acids is 2. The highest BCUT2D eigenvalue weighted by Crippen LogP contribution is 2.27. The molecule has 3 aromatic carbocycles. The lowest BCUT2D eigenvalue weighted by Crippen LogP contribution is -2.54. The molecule has 1 unspecified atom stereocenters. The van der Waals surface area contributed by atoms with Gasteiger partial charge in [-0.1, -0.05) is 47.5 Å². The number of ether oxygens (including phenoxy) is 1. The molecule has 9 heteroatoms. The van der Waals surface area contributed by atoms with Gasteiger partial charge in [0.15, 0.2) is 0 Å². The van der Waals surface area contributed by atoms with E-state index in [0.717, 1.165) is 21.0 Å². The summed E-state index contributed by atoms with van der Waals surface area (Å²) in [4.78, 5) is 28.8. The van der Waals surface area contributed by atoms with Crippen LogP contribution in [-0.2, 0) is 26.2 Å². The molecule has 0 aliphatic rings. The number of hydrogen-bond donors (Lipinski definition) is 1. The molecule has 8 nitrogen and oxygen atoms in total. The van der Waals surface area contributed by atoms with E-state index in [1.807, 2.05) is 65.8 Å². The number of rotatable bonds is 11. The van der Waals surface area contributed by atoms with Gasteiger partial charge in [-0.3, -0.25) is 13.9 Å². The van der Waals surface area contributed by atoms with Gasteiger partial charge in [0, 0.05) is 12.1 Å². The van der Waals surface area contributed by atoms with Crippen LogP contribution in [0.2, 0.25) is 0 Å². The van der Waals surface area contributed by atoms with Gasteiger partial charge >= 0.3 is 0 Å². The van der Waals surface area contributed by atoms with Crippen molar-refractivity contribution in [1.29, 1.82) is 0 Å². The molecule has 0 aliphatic carbocycles. The van der Waals surface area contributed by atoms with E-state index in [0.29, 0.717) is 18.0 Å². The summed E-state index contributed by atoms with van der Waals surface area (Å²) in [6, 6.07) is 19.9. The number of carbonyl (C=O) groups is 2. The molecular formula is C32H41N3O5S. The fraction of sp³-hybridized carbons (Fsp3) is 0.375. The van der Waals surface area contributed by atoms with E-state index >= 15 is 0 Å². The topological polar surface area (TPSA) is 96.0 Å². The van der Waals surface area contributed by atoms with Gasteiger partial charge in [-0.05, 0) is 90.4 Å². The monoisotopic (exact) mass is 579 g/mol. The van der Waals surface area contributed by atoms with Crippen molar-refractivity contribution in [3.63, 3.8) is 0 Å². The Balaban J connectivity index is 2.04. The fourth-order valence-corrected chi connectivity index (χ4v) is 5.72. The van der Waals surface area contributed by atoms with Gasteiger partial charge < -0.3 is 15.0 Å². The molecule has 0 saturated carbocycles. The maximum Gasteiger partial charge on any atom is 0.264 e. The Morgan fingerprint density at radius 3 is 2.12 bits per heavy atom. The maximum absolute atomic E-state index is 14.0. The van der Waals surface area contributed by atoms with Crippen LogP contribution in [0.3, 0.4) is 0 Å². The molecule has 3 rings (SSSR count). The molecule has 0 bridgehead atoms. The van der Waals surface area contributed by atoms with Crippen molar-refractivity contribution < 1.29 is 22.7 Å². The number of nitrogens with one attached hydrogen (secondary N) is 1. The third-order valence-electron chi connectivity index (χ3n) is 6.42. The van der Waals surface area contributed by atoms with Crippen LogP contribution in [0.5, 0.6) is 5.75 Å². The molecule has 41 heavy (non-hydrogen) atoms. The highest BCUT2D eigenvalue weighted by Gasteiger charge is 2.33. The largest absolute Gasteiger partial charge is 0.494 e. The highest BCUT2D eigenvalue weighted by molar-refractivity contribution is 7.92. The van der Waals surface area contributed by atoms with Gasteiger partial charge in [0.2, 0.25) is 11.8 Å². The zero-order chi connectivity index (χ0) is 30.4. The van der Waals surface area contributed by atoms with Gasteiger partial charge in [0.1, 0.15) is 18.3 Å². The Bertz CT molecular complexity index is 1450. The van der Waals surface area contributed by atoms with Crippen LogP contribution < -0.4 is 14.4 Å². The first kappa shape index (κ1) is 31.7. The van der Waals surface area contributed by atoms with Crippen molar-refractivity contribution >= 4 is 27.5 Å². The highest BCUT2D eigenvalue weighted by atomic mass is 32.2. The summed E-state index contributed by atoms with van der Waals surface area (Å²) in [5.74, 6) is -0.246. The number of sulfonamides is 1. The summed E-state index contributed by atoms with van der Waals surface area (Å²) in [5.41, 5.74) is 2.56. The molecule has 0 aromatic heterocycles. The fourth-order valence-electron chi connectivity index (χ4n) is 4.31. The van der Waals surface area contributed by atoms with Gasteiger partial charge in [-0.15, -0.1) is 0 Å². The Morgan fingerprint density at radius 2 is 1.56 bits per heavy atom. The molecule has 2 amide bonds. The van der Waals surface area contributed by atoms with Gasteiger partial charge in [-0.2, -0.15) is 0 Å². The molecule has 220 valence electrons. The van der Waals surface area contributed by atoms with E-state index in [1.165, 1.54) is 17.0 Å². The van der Waals surface area contributed by atoms with Crippen LogP contribution in [-0.4, -0.2) is 49.9 Å². The molecule has 0 heterocycles. The third-order valence-corrected chi connectivity index (χ3v) is 8.21. The van der Waals surface area contributed by atoms with Crippen LogP contribution in [0.4, 0.5) is 5.69 Å². The number of anilines is 1. The number of benzene rings is 3. The molecule has 0 fully saturated rings. The molecule has 1 N–H and O–H groups in total. The predicted octanol–water partition coefficient (Wildman–Crippen LogP) is 5.23. The summed E-state index contributed by atoms with van der Waals surface area (Å²) >= 11 is 0. The van der Waals surface area contributed by atoms with Gasteiger partial charge in [0.05, 0.1) is 17.2 Å². The van der Waals surface area contributed by atoms with Crippen LogP contribution >= 0.6 is 0 Å². The minimum atomic E-state index is -4.13. The van der Waals surface area contributed by atoms with Crippen molar-refractivity contribution in [2.24, 2.45) is 0 Å². The standard InChI is InChI=1S/C32H41N3O5S/c1-8-40-28-16-14-27(15-17-28)35(41(38,39)29-18-12-23(2)13-19-29)22-30(36)34(21-26-11-9-10-24(3)20-26)25(4)31(37)33-32(5,6)7/h9-20,25H,8,21-22H2,1-7H3,(H,33,37). The summed E-state index contributed by atoms with van der Waals surface area (Å²) in [6.45, 7) is 13.1. The Kier molecular flexibility index (Phi) is 10.2. The lowest BCUT2D eigenvalue weighted by atomic mass is 10.1. The summed E-state index contributed by atoms with van der Waals surface area (Å²) in [7, 11) is -4.13. The van der Waals surface area contributed by atoms with Crippen LogP contribution in [0.1, 0.15) is 51.3 Å². The molecule has 0 radical (unpaired) electrons. The van der Waals surface area contributed by atoms with E-state index in [2.05, 4.69) is 5.32 Å². The van der Waals surface area contributed by atoms with Crippen LogP contribution in [0, 0.1) is 13.8 Å². The van der Waals surface area contributed by atoms with Crippen molar-refractivity contribution in [3.05, 3.63) is 89.5 Å². The zero-order valence-corrected chi connectivity index (χ0v) is 25.8. The lowest BCUT2D eigenvalue weighted by molar-refractivity contribution is -0.140. The predicted molar refractivity (Wildman–Crippen MR) is 162 cm³/mol. The van der Waals surface area contributed by atoms with E-state index in [4.69, 9.17) is 4.74 Å². The lowest BCUT2D eigenvalue weighted by Gasteiger charge is -2.33. The van der Waals surface area contributed by atoms with Crippen molar-refractivity contribution in [2.45, 2.75) is 71.5 Å². The number of amides is 2. The first-order valence-electron chi connectivity index (χ1n) is 13.7. The third kappa shape index (κ3) is 8.57. The minimum Gasteiger partial charge on any atom is -0.494 e. The van der Waals surface area contributed by atoms with E-state index in [9.17, 15) is 18.0 Å². The first-order valence-corrected chi connectivity index (χ1v) is 15.1. The second-order valence-electron chi connectivity index (χ2n) is 11.2. The Morgan fingerprint density at radius 1 is 0.927 bits per heavy atom. The second kappa shape index (κ2) is 13.2. The van der Waals surface area contributed by atoms with Crippen molar-refractivity contribution in [2.75, 3.05) is 17.5 Å². The molecule has 3 aromatic rings. The van der Waals surface area contributed by atoms with Crippen LogP contribution in [0.25, 0.3) is 0 Å². The first-order chi connectivity index (χ1) is 19.2. The minimum absolute atomic E-state index is 0.0635. The SMILES string of the molecule is CCOc1ccc(N(CC(=O)N(Cc2cccc(C)c2)C(C)C(=O)NC(C)(C)C)S(=O)(=O)c2ccc(C)cc2)cc1. The zero-order valence-electron chi connectivity index (χ0n) is 25.0. The Labute approximate surface area is 244 Å². The molecule has 0 aliphatic heterocycles. The summed E-state index contributed by atoms with van der Waals surface area (Å²) in [5, 5.41) is 2.94. The quantitative estimate of drug-likeness (QED) is 0.336. The van der Waals surface area contributed by atoms with Gasteiger partial charge in [-0.25, -0.2) is 8.42 Å². The molecule has 0 saturated heterocycles. The molecular weight excluding hydrogens is 538 g/mol. The van der Waals surface area contributed by atoms with Crippen molar-refractivity contribution in [3.8, 4) is 5.75 Å². The second-order valence-corrected chi connectivity index (χ2v) is 13.0. The normalized spacial score (nSPS) is 12.4. The van der Waals surface area contributed by atoms with Gasteiger partial charge in [0.25, 0.3) is 10.0 Å². The maximum atomic E-state index is 14.0. The smallest absolute Gasteiger partial charge is 0.264 e. The van der Waals surface area contributed by atoms with E-state index < -0.39 is 34.1 Å². The number of hydrogen-bond acceptors (Lipinski definition) is 5. The van der Waals surface area contributed by atoms with Crippen LogP contribution in [0.15, 0.2) is 77.7 Å². The molecule has 0 spiro atoms. The average Bonchev–Trinajstić information content (AvgIpc) is 2.90. The molecule has 1 atom stereocenters. The van der Waals surface area contributed by atoms with Crippen molar-refractivity contribution in [1.82, 2.24) is 10.2 Å². The number of nitrogens with zero attached hydrogens (tertiary/aromatic N) is 2. The van der Waals surface area contributed by atoms with E-state index in [-0.39, 0.29) is 17.3 Å². The average molecular weight is 580 g/mol. The number of aryl methyl sites for hydroxylation is 2. The van der Waals surface area contributed by atoms with E-state index in [1.54, 1.807) is 43.3 Å².